The molecule has 1 aromatic heterocycles. The number of benzene rings is 1. The monoisotopic (exact) mass is 332 g/mol. The summed E-state index contributed by atoms with van der Waals surface area (Å²) in [7, 11) is 0. The number of morpholine rings is 1. The SMILES string of the molecule is CCn1cnnc1[C@H]1CN(C(=O)CCc2ccc(F)cc2)CCO1. The summed E-state index contributed by atoms with van der Waals surface area (Å²) in [5.74, 6) is 0.574. The number of hydrogen-bond donors (Lipinski definition) is 0. The Balaban J connectivity index is 1.58. The fraction of sp³-hybridized carbons (Fsp3) is 0.471. The van der Waals surface area contributed by atoms with Gasteiger partial charge in [0, 0.05) is 19.5 Å². The van der Waals surface area contributed by atoms with Crippen molar-refractivity contribution in [3.8, 4) is 0 Å². The summed E-state index contributed by atoms with van der Waals surface area (Å²) in [4.78, 5) is 14.3. The second kappa shape index (κ2) is 7.53. The molecule has 0 aliphatic carbocycles. The molecule has 7 heteroatoms. The van der Waals surface area contributed by atoms with Gasteiger partial charge in [0.2, 0.25) is 5.91 Å². The molecule has 0 radical (unpaired) electrons. The van der Waals surface area contributed by atoms with Crippen LogP contribution in [0.5, 0.6) is 0 Å². The lowest BCUT2D eigenvalue weighted by Crippen LogP contribution is -2.43. The first-order valence-corrected chi connectivity index (χ1v) is 8.19. The molecule has 1 aromatic carbocycles. The van der Waals surface area contributed by atoms with Crippen LogP contribution in [0.15, 0.2) is 30.6 Å². The first kappa shape index (κ1) is 16.6. The first-order valence-electron chi connectivity index (χ1n) is 8.19. The first-order chi connectivity index (χ1) is 11.7. The van der Waals surface area contributed by atoms with Gasteiger partial charge in [-0.05, 0) is 31.0 Å². The zero-order valence-corrected chi connectivity index (χ0v) is 13.7. The molecule has 24 heavy (non-hydrogen) atoms. The van der Waals surface area contributed by atoms with E-state index in [4.69, 9.17) is 4.74 Å². The summed E-state index contributed by atoms with van der Waals surface area (Å²) in [6.07, 6.45) is 2.44. The summed E-state index contributed by atoms with van der Waals surface area (Å²) in [6.45, 7) is 4.34. The number of rotatable bonds is 5. The fourth-order valence-electron chi connectivity index (χ4n) is 2.85. The van der Waals surface area contributed by atoms with Crippen molar-refractivity contribution in [1.29, 1.82) is 0 Å². The van der Waals surface area contributed by atoms with Crippen molar-refractivity contribution in [2.75, 3.05) is 19.7 Å². The van der Waals surface area contributed by atoms with Crippen LogP contribution in [0.25, 0.3) is 0 Å². The molecule has 2 heterocycles. The molecular weight excluding hydrogens is 311 g/mol. The van der Waals surface area contributed by atoms with Gasteiger partial charge in [0.25, 0.3) is 0 Å². The third-order valence-corrected chi connectivity index (χ3v) is 4.23. The van der Waals surface area contributed by atoms with Crippen LogP contribution in [0.1, 0.15) is 30.8 Å². The van der Waals surface area contributed by atoms with E-state index in [1.54, 1.807) is 18.5 Å². The van der Waals surface area contributed by atoms with Crippen LogP contribution >= 0.6 is 0 Å². The number of carbonyl (C=O) groups is 1. The quantitative estimate of drug-likeness (QED) is 0.840. The standard InChI is InChI=1S/C17H21FN4O2/c1-2-21-12-19-20-17(21)15-11-22(9-10-24-15)16(23)8-5-13-3-6-14(18)7-4-13/h3-4,6-7,12,15H,2,5,8-11H2,1H3/t15-/m1/s1. The second-order valence-electron chi connectivity index (χ2n) is 5.80. The van der Waals surface area contributed by atoms with Crippen molar-refractivity contribution in [2.24, 2.45) is 0 Å². The molecule has 1 atom stereocenters. The lowest BCUT2D eigenvalue weighted by molar-refractivity contribution is -0.139. The molecule has 1 aliphatic rings. The van der Waals surface area contributed by atoms with Gasteiger partial charge in [-0.3, -0.25) is 4.79 Å². The highest BCUT2D eigenvalue weighted by molar-refractivity contribution is 5.76. The van der Waals surface area contributed by atoms with Crippen LogP contribution in [0.3, 0.4) is 0 Å². The Morgan fingerprint density at radius 1 is 1.38 bits per heavy atom. The number of hydrogen-bond acceptors (Lipinski definition) is 4. The van der Waals surface area contributed by atoms with Crippen molar-refractivity contribution in [3.05, 3.63) is 47.8 Å². The van der Waals surface area contributed by atoms with E-state index in [0.717, 1.165) is 17.9 Å². The van der Waals surface area contributed by atoms with Gasteiger partial charge >= 0.3 is 0 Å². The number of nitrogens with zero attached hydrogens (tertiary/aromatic N) is 4. The van der Waals surface area contributed by atoms with Crippen LogP contribution in [0.2, 0.25) is 0 Å². The normalized spacial score (nSPS) is 17.9. The number of aryl methyl sites for hydroxylation is 2. The van der Waals surface area contributed by atoms with Crippen LogP contribution in [0.4, 0.5) is 4.39 Å². The van der Waals surface area contributed by atoms with Crippen LogP contribution in [-0.4, -0.2) is 45.3 Å². The largest absolute Gasteiger partial charge is 0.366 e. The molecule has 0 unspecified atom stereocenters. The highest BCUT2D eigenvalue weighted by atomic mass is 19.1. The molecule has 1 fully saturated rings. The van der Waals surface area contributed by atoms with Crippen molar-refractivity contribution < 1.29 is 13.9 Å². The Labute approximate surface area is 140 Å². The Hall–Kier alpha value is -2.28. The predicted octanol–water partition coefficient (Wildman–Crippen LogP) is 1.97. The van der Waals surface area contributed by atoms with E-state index in [2.05, 4.69) is 10.2 Å². The zero-order valence-electron chi connectivity index (χ0n) is 13.7. The average Bonchev–Trinajstić information content (AvgIpc) is 3.10. The summed E-state index contributed by atoms with van der Waals surface area (Å²) in [6, 6.07) is 6.27. The molecule has 1 saturated heterocycles. The summed E-state index contributed by atoms with van der Waals surface area (Å²) in [5, 5.41) is 8.04. The molecular formula is C17H21FN4O2. The number of halogens is 1. The third kappa shape index (κ3) is 3.79. The number of ether oxygens (including phenoxy) is 1. The summed E-state index contributed by atoms with van der Waals surface area (Å²) < 4.78 is 20.6. The summed E-state index contributed by atoms with van der Waals surface area (Å²) >= 11 is 0. The van der Waals surface area contributed by atoms with E-state index in [1.165, 1.54) is 12.1 Å². The van der Waals surface area contributed by atoms with Crippen molar-refractivity contribution in [1.82, 2.24) is 19.7 Å². The lowest BCUT2D eigenvalue weighted by Gasteiger charge is -2.32. The number of carbonyl (C=O) groups excluding carboxylic acids is 1. The van der Waals surface area contributed by atoms with Gasteiger partial charge in [0.1, 0.15) is 18.2 Å². The minimum absolute atomic E-state index is 0.0789. The van der Waals surface area contributed by atoms with Crippen molar-refractivity contribution in [3.63, 3.8) is 0 Å². The molecule has 0 N–H and O–H groups in total. The molecule has 2 aromatic rings. The number of aromatic nitrogens is 3. The van der Waals surface area contributed by atoms with Crippen LogP contribution in [-0.2, 0) is 22.5 Å². The Morgan fingerprint density at radius 2 is 2.17 bits per heavy atom. The molecule has 0 bridgehead atoms. The van der Waals surface area contributed by atoms with E-state index >= 15 is 0 Å². The molecule has 3 rings (SSSR count). The van der Waals surface area contributed by atoms with Crippen LogP contribution in [0, 0.1) is 5.82 Å². The maximum absolute atomic E-state index is 12.9. The fourth-order valence-corrected chi connectivity index (χ4v) is 2.85. The Kier molecular flexibility index (Phi) is 5.20. The molecule has 1 aliphatic heterocycles. The van der Waals surface area contributed by atoms with Crippen LogP contribution < -0.4 is 0 Å². The second-order valence-corrected chi connectivity index (χ2v) is 5.80. The van der Waals surface area contributed by atoms with Crippen molar-refractivity contribution >= 4 is 5.91 Å². The van der Waals surface area contributed by atoms with Gasteiger partial charge in [-0.2, -0.15) is 0 Å². The molecule has 6 nitrogen and oxygen atoms in total. The molecule has 0 saturated carbocycles. The molecule has 1 amide bonds. The van der Waals surface area contributed by atoms with Gasteiger partial charge in [0.15, 0.2) is 5.82 Å². The van der Waals surface area contributed by atoms with Crippen molar-refractivity contribution in [2.45, 2.75) is 32.4 Å². The third-order valence-electron chi connectivity index (χ3n) is 4.23. The Bertz CT molecular complexity index is 686. The highest BCUT2D eigenvalue weighted by Crippen LogP contribution is 2.21. The number of amides is 1. The predicted molar refractivity (Wildman–Crippen MR) is 85.7 cm³/mol. The molecule has 128 valence electrons. The smallest absolute Gasteiger partial charge is 0.223 e. The molecule has 0 spiro atoms. The van der Waals surface area contributed by atoms with Gasteiger partial charge < -0.3 is 14.2 Å². The minimum atomic E-state index is -0.263. The zero-order chi connectivity index (χ0) is 16.9. The van der Waals surface area contributed by atoms with E-state index in [0.29, 0.717) is 32.5 Å². The maximum Gasteiger partial charge on any atom is 0.223 e. The maximum atomic E-state index is 12.9. The lowest BCUT2D eigenvalue weighted by atomic mass is 10.1. The van der Waals surface area contributed by atoms with Gasteiger partial charge in [-0.15, -0.1) is 10.2 Å². The highest BCUT2D eigenvalue weighted by Gasteiger charge is 2.28. The van der Waals surface area contributed by atoms with E-state index in [9.17, 15) is 9.18 Å². The van der Waals surface area contributed by atoms with Gasteiger partial charge in [0.05, 0.1) is 13.2 Å². The topological polar surface area (TPSA) is 60.2 Å². The Morgan fingerprint density at radius 3 is 2.92 bits per heavy atom. The minimum Gasteiger partial charge on any atom is -0.366 e. The van der Waals surface area contributed by atoms with E-state index < -0.39 is 0 Å². The van der Waals surface area contributed by atoms with E-state index in [-0.39, 0.29) is 17.8 Å². The summed E-state index contributed by atoms with van der Waals surface area (Å²) in [5.41, 5.74) is 0.959. The van der Waals surface area contributed by atoms with E-state index in [1.807, 2.05) is 16.4 Å². The van der Waals surface area contributed by atoms with Gasteiger partial charge in [-0.25, -0.2) is 4.39 Å². The van der Waals surface area contributed by atoms with Gasteiger partial charge in [-0.1, -0.05) is 12.1 Å². The average molecular weight is 332 g/mol.